The second-order valence-electron chi connectivity index (χ2n) is 9.10. The molecule has 0 aliphatic carbocycles. The minimum atomic E-state index is -3.48. The van der Waals surface area contributed by atoms with Crippen LogP contribution in [0.25, 0.3) is 0 Å². The van der Waals surface area contributed by atoms with Gasteiger partial charge in [0, 0.05) is 42.8 Å². The number of fused-ring (bicyclic) bond motifs is 3. The van der Waals surface area contributed by atoms with Crippen LogP contribution < -0.4 is 4.90 Å². The van der Waals surface area contributed by atoms with Crippen molar-refractivity contribution in [2.24, 2.45) is 0 Å². The van der Waals surface area contributed by atoms with E-state index in [4.69, 9.17) is 0 Å². The molecule has 2 fully saturated rings. The van der Waals surface area contributed by atoms with Crippen molar-refractivity contribution in [1.82, 2.24) is 9.21 Å². The van der Waals surface area contributed by atoms with E-state index in [1.807, 2.05) is 4.90 Å². The molecule has 3 heterocycles. The SMILES string of the molecule is Cc1ccc2c(c1)[C@H]1CN(C)CC[C@H]1N2C(=O)c1ccc(S(=O)(=O)N2CCCC2)cc1. The molecule has 2 atom stereocenters. The van der Waals surface area contributed by atoms with Gasteiger partial charge in [-0.3, -0.25) is 4.79 Å². The van der Waals surface area contributed by atoms with Crippen LogP contribution in [0.1, 0.15) is 46.7 Å². The zero-order chi connectivity index (χ0) is 21.8. The van der Waals surface area contributed by atoms with Gasteiger partial charge in [0.25, 0.3) is 5.91 Å². The Hall–Kier alpha value is -2.22. The number of carbonyl (C=O) groups excluding carboxylic acids is 1. The fraction of sp³-hybridized carbons (Fsp3) is 0.458. The molecule has 2 aromatic carbocycles. The van der Waals surface area contributed by atoms with Gasteiger partial charge in [-0.25, -0.2) is 8.42 Å². The molecule has 0 unspecified atom stereocenters. The fourth-order valence-corrected chi connectivity index (χ4v) is 6.85. The Morgan fingerprint density at radius 3 is 2.42 bits per heavy atom. The molecule has 0 N–H and O–H groups in total. The van der Waals surface area contributed by atoms with Crippen LogP contribution in [0, 0.1) is 6.92 Å². The number of benzene rings is 2. The molecule has 31 heavy (non-hydrogen) atoms. The zero-order valence-corrected chi connectivity index (χ0v) is 18.9. The van der Waals surface area contributed by atoms with Crippen LogP contribution >= 0.6 is 0 Å². The van der Waals surface area contributed by atoms with Gasteiger partial charge in [0.2, 0.25) is 10.0 Å². The summed E-state index contributed by atoms with van der Waals surface area (Å²) < 4.78 is 27.2. The molecule has 0 saturated carbocycles. The third-order valence-electron chi connectivity index (χ3n) is 6.98. The third kappa shape index (κ3) is 3.49. The number of amides is 1. The first-order valence-corrected chi connectivity index (χ1v) is 12.5. The van der Waals surface area contributed by atoms with Crippen molar-refractivity contribution in [1.29, 1.82) is 0 Å². The average molecular weight is 440 g/mol. The molecule has 0 radical (unpaired) electrons. The first kappa shape index (κ1) is 20.7. The second-order valence-corrected chi connectivity index (χ2v) is 11.0. The molecule has 0 aromatic heterocycles. The van der Waals surface area contributed by atoms with Gasteiger partial charge in [0.15, 0.2) is 0 Å². The van der Waals surface area contributed by atoms with Crippen molar-refractivity contribution in [3.63, 3.8) is 0 Å². The molecule has 6 nitrogen and oxygen atoms in total. The predicted octanol–water partition coefficient (Wildman–Crippen LogP) is 3.23. The molecule has 2 saturated heterocycles. The van der Waals surface area contributed by atoms with E-state index in [9.17, 15) is 13.2 Å². The summed E-state index contributed by atoms with van der Waals surface area (Å²) >= 11 is 0. The maximum atomic E-state index is 13.6. The molecule has 0 bridgehead atoms. The van der Waals surface area contributed by atoms with Gasteiger partial charge in [-0.1, -0.05) is 17.7 Å². The highest BCUT2D eigenvalue weighted by Gasteiger charge is 2.44. The lowest BCUT2D eigenvalue weighted by Crippen LogP contribution is -2.47. The molecular weight excluding hydrogens is 410 g/mol. The van der Waals surface area contributed by atoms with E-state index >= 15 is 0 Å². The number of piperidine rings is 1. The number of likely N-dealkylation sites (tertiary alicyclic amines) is 1. The standard InChI is InChI=1S/C24H29N3O3S/c1-17-5-10-22-20(15-17)21-16-25(2)14-11-23(21)27(22)24(28)18-6-8-19(9-7-18)31(29,30)26-12-3-4-13-26/h5-10,15,21,23H,3-4,11-14,16H2,1-2H3/t21-,23-/m1/s1. The van der Waals surface area contributed by atoms with Crippen LogP contribution in [0.3, 0.4) is 0 Å². The van der Waals surface area contributed by atoms with Crippen molar-refractivity contribution in [3.8, 4) is 0 Å². The highest BCUT2D eigenvalue weighted by Crippen LogP contribution is 2.45. The minimum absolute atomic E-state index is 0.0488. The second kappa shape index (κ2) is 7.73. The molecule has 7 heteroatoms. The first-order valence-electron chi connectivity index (χ1n) is 11.1. The van der Waals surface area contributed by atoms with E-state index in [-0.39, 0.29) is 16.8 Å². The Morgan fingerprint density at radius 2 is 1.71 bits per heavy atom. The monoisotopic (exact) mass is 439 g/mol. The zero-order valence-electron chi connectivity index (χ0n) is 18.1. The van der Waals surface area contributed by atoms with Crippen molar-refractivity contribution in [2.45, 2.75) is 43.0 Å². The molecule has 1 amide bonds. The number of rotatable bonds is 3. The van der Waals surface area contributed by atoms with Crippen molar-refractivity contribution in [3.05, 3.63) is 59.2 Å². The summed E-state index contributed by atoms with van der Waals surface area (Å²) in [6, 6.07) is 13.0. The minimum Gasteiger partial charge on any atom is -0.306 e. The van der Waals surface area contributed by atoms with Crippen molar-refractivity contribution >= 4 is 21.6 Å². The summed E-state index contributed by atoms with van der Waals surface area (Å²) in [5.74, 6) is 0.264. The van der Waals surface area contributed by atoms with Gasteiger partial charge in [0.1, 0.15) is 0 Å². The highest BCUT2D eigenvalue weighted by atomic mass is 32.2. The average Bonchev–Trinajstić information content (AvgIpc) is 3.40. The Balaban J connectivity index is 1.46. The van der Waals surface area contributed by atoms with Gasteiger partial charge in [-0.15, -0.1) is 0 Å². The van der Waals surface area contributed by atoms with Crippen LogP contribution in [0.2, 0.25) is 0 Å². The number of hydrogen-bond donors (Lipinski definition) is 0. The smallest absolute Gasteiger partial charge is 0.258 e. The maximum absolute atomic E-state index is 13.6. The van der Waals surface area contributed by atoms with Crippen LogP contribution in [0.15, 0.2) is 47.4 Å². The molecular formula is C24H29N3O3S. The number of sulfonamides is 1. The van der Waals surface area contributed by atoms with Gasteiger partial charge in [-0.2, -0.15) is 4.31 Å². The van der Waals surface area contributed by atoms with Gasteiger partial charge < -0.3 is 9.80 Å². The van der Waals surface area contributed by atoms with Gasteiger partial charge in [-0.05, 0) is 75.7 Å². The van der Waals surface area contributed by atoms with Crippen molar-refractivity contribution < 1.29 is 13.2 Å². The third-order valence-corrected chi connectivity index (χ3v) is 8.89. The number of carbonyl (C=O) groups is 1. The summed E-state index contributed by atoms with van der Waals surface area (Å²) in [6.07, 6.45) is 2.74. The van der Waals surface area contributed by atoms with Gasteiger partial charge in [0.05, 0.1) is 4.90 Å². The van der Waals surface area contributed by atoms with E-state index in [2.05, 4.69) is 37.1 Å². The van der Waals surface area contributed by atoms with E-state index in [1.54, 1.807) is 24.3 Å². The Bertz CT molecular complexity index is 1110. The Morgan fingerprint density at radius 1 is 1.00 bits per heavy atom. The number of likely N-dealkylation sites (N-methyl/N-ethyl adjacent to an activating group) is 1. The molecule has 3 aliphatic heterocycles. The summed E-state index contributed by atoms with van der Waals surface area (Å²) in [5, 5.41) is 0. The Kier molecular flexibility index (Phi) is 5.15. The van der Waals surface area contributed by atoms with E-state index in [0.717, 1.165) is 38.0 Å². The van der Waals surface area contributed by atoms with Crippen molar-refractivity contribution in [2.75, 3.05) is 38.1 Å². The van der Waals surface area contributed by atoms with Crippen LogP contribution in [0.4, 0.5) is 5.69 Å². The lowest BCUT2D eigenvalue weighted by molar-refractivity contribution is 0.0964. The van der Waals surface area contributed by atoms with Gasteiger partial charge >= 0.3 is 0 Å². The van der Waals surface area contributed by atoms with Crippen LogP contribution in [-0.4, -0.2) is 62.8 Å². The van der Waals surface area contributed by atoms with E-state index in [1.165, 1.54) is 15.4 Å². The molecule has 0 spiro atoms. The fourth-order valence-electron chi connectivity index (χ4n) is 5.33. The largest absolute Gasteiger partial charge is 0.306 e. The summed E-state index contributed by atoms with van der Waals surface area (Å²) in [6.45, 7) is 5.14. The summed E-state index contributed by atoms with van der Waals surface area (Å²) in [5.41, 5.74) is 3.98. The number of aryl methyl sites for hydroxylation is 1. The molecule has 2 aromatic rings. The van der Waals surface area contributed by atoms with Crippen LogP contribution in [0.5, 0.6) is 0 Å². The lowest BCUT2D eigenvalue weighted by Gasteiger charge is -2.36. The van der Waals surface area contributed by atoms with E-state index in [0.29, 0.717) is 24.6 Å². The predicted molar refractivity (Wildman–Crippen MR) is 121 cm³/mol. The first-order chi connectivity index (χ1) is 14.9. The summed E-state index contributed by atoms with van der Waals surface area (Å²) in [4.78, 5) is 18.2. The van der Waals surface area contributed by atoms with Crippen LogP contribution in [-0.2, 0) is 10.0 Å². The quantitative estimate of drug-likeness (QED) is 0.737. The summed E-state index contributed by atoms with van der Waals surface area (Å²) in [7, 11) is -1.34. The Labute approximate surface area is 184 Å². The normalized spacial score (nSPS) is 24.3. The number of anilines is 1. The number of nitrogens with zero attached hydrogens (tertiary/aromatic N) is 3. The molecule has 164 valence electrons. The molecule has 5 rings (SSSR count). The van der Waals surface area contributed by atoms with E-state index < -0.39 is 10.0 Å². The highest BCUT2D eigenvalue weighted by molar-refractivity contribution is 7.89. The number of hydrogen-bond acceptors (Lipinski definition) is 4. The topological polar surface area (TPSA) is 60.9 Å². The lowest BCUT2D eigenvalue weighted by atomic mass is 9.88. The maximum Gasteiger partial charge on any atom is 0.258 e. The molecule has 3 aliphatic rings.